The summed E-state index contributed by atoms with van der Waals surface area (Å²) in [6, 6.07) is 0.0805. The van der Waals surface area contributed by atoms with Gasteiger partial charge in [-0.15, -0.1) is 0 Å². The number of esters is 1. The molecule has 25 heavy (non-hydrogen) atoms. The molecule has 0 aliphatic rings. The second kappa shape index (κ2) is 12.4. The Labute approximate surface area is 153 Å². The first kappa shape index (κ1) is 24.1. The fourth-order valence-corrected chi connectivity index (χ4v) is 3.77. The van der Waals surface area contributed by atoms with Gasteiger partial charge in [0.15, 0.2) is 0 Å². The van der Waals surface area contributed by atoms with E-state index in [-0.39, 0.29) is 11.8 Å². The predicted octanol–water partition coefficient (Wildman–Crippen LogP) is 2.85. The molecule has 0 saturated heterocycles. The van der Waals surface area contributed by atoms with E-state index in [9.17, 15) is 17.8 Å². The van der Waals surface area contributed by atoms with Crippen molar-refractivity contribution in [3.8, 4) is 0 Å². The lowest BCUT2D eigenvalue weighted by atomic mass is 10.1. The number of carbonyl (C=O) groups excluding carboxylic acids is 1. The maximum atomic E-state index is 11.2. The van der Waals surface area contributed by atoms with Gasteiger partial charge in [0.1, 0.15) is 0 Å². The molecule has 0 bridgehead atoms. The third kappa shape index (κ3) is 10.6. The van der Waals surface area contributed by atoms with E-state index in [1.807, 2.05) is 6.92 Å². The molecule has 0 aromatic rings. The molecule has 0 radical (unpaired) electrons. The maximum Gasteiger partial charge on any atom is 0.330 e. The van der Waals surface area contributed by atoms with Gasteiger partial charge in [-0.25, -0.2) is 13.2 Å². The number of hydrogen-bond donors (Lipinski definition) is 0. The highest BCUT2D eigenvalue weighted by molar-refractivity contribution is 7.85. The van der Waals surface area contributed by atoms with Crippen LogP contribution < -0.4 is 0 Å². The summed E-state index contributed by atoms with van der Waals surface area (Å²) in [4.78, 5) is 11.2. The Bertz CT molecular complexity index is 482. The van der Waals surface area contributed by atoms with Gasteiger partial charge >= 0.3 is 5.97 Å². The van der Waals surface area contributed by atoms with Gasteiger partial charge in [-0.2, -0.15) is 0 Å². The molecule has 1 unspecified atom stereocenters. The quantitative estimate of drug-likeness (QED) is 0.144. The van der Waals surface area contributed by atoms with E-state index in [0.29, 0.717) is 19.4 Å². The normalized spacial score (nSPS) is 13.4. The molecule has 0 aromatic heterocycles. The molecule has 0 aliphatic heterocycles. The second-order valence-electron chi connectivity index (χ2n) is 6.72. The van der Waals surface area contributed by atoms with Crippen LogP contribution in [0.2, 0.25) is 0 Å². The average molecular weight is 378 g/mol. The summed E-state index contributed by atoms with van der Waals surface area (Å²) in [5.41, 5.74) is 0. The smallest absolute Gasteiger partial charge is 0.330 e. The summed E-state index contributed by atoms with van der Waals surface area (Å²) in [6.07, 6.45) is 6.44. The highest BCUT2D eigenvalue weighted by atomic mass is 32.2. The first-order valence-electron chi connectivity index (χ1n) is 9.29. The molecule has 0 saturated carbocycles. The second-order valence-corrected chi connectivity index (χ2v) is 8.24. The van der Waals surface area contributed by atoms with Crippen LogP contribution in [0.25, 0.3) is 0 Å². The van der Waals surface area contributed by atoms with Gasteiger partial charge in [0.2, 0.25) is 0 Å². The first-order valence-corrected chi connectivity index (χ1v) is 10.9. The van der Waals surface area contributed by atoms with E-state index in [2.05, 4.69) is 20.4 Å². The molecular formula is C18H35NO5S. The summed E-state index contributed by atoms with van der Waals surface area (Å²) in [5, 5.41) is 0. The zero-order valence-electron chi connectivity index (χ0n) is 16.0. The highest BCUT2D eigenvalue weighted by Crippen LogP contribution is 2.22. The molecule has 0 N–H and O–H groups in total. The summed E-state index contributed by atoms with van der Waals surface area (Å²) in [7, 11) is -4.20. The van der Waals surface area contributed by atoms with Crippen molar-refractivity contribution in [3.05, 3.63) is 12.7 Å². The van der Waals surface area contributed by atoms with E-state index in [0.717, 1.165) is 55.9 Å². The van der Waals surface area contributed by atoms with Gasteiger partial charge in [0.25, 0.3) is 0 Å². The molecular weight excluding hydrogens is 342 g/mol. The fourth-order valence-electron chi connectivity index (χ4n) is 3.14. The molecule has 0 aromatic carbocycles. The van der Waals surface area contributed by atoms with Crippen LogP contribution in [0.3, 0.4) is 0 Å². The van der Waals surface area contributed by atoms with Crippen molar-refractivity contribution < 1.29 is 27.0 Å². The monoisotopic (exact) mass is 377 g/mol. The van der Waals surface area contributed by atoms with Crippen molar-refractivity contribution in [2.45, 2.75) is 65.3 Å². The van der Waals surface area contributed by atoms with Crippen LogP contribution in [0.1, 0.15) is 59.3 Å². The van der Waals surface area contributed by atoms with Crippen LogP contribution >= 0.6 is 0 Å². The van der Waals surface area contributed by atoms with Crippen LogP contribution in [0.5, 0.6) is 0 Å². The number of quaternary nitrogens is 1. The maximum absolute atomic E-state index is 11.2. The van der Waals surface area contributed by atoms with Gasteiger partial charge in [0, 0.05) is 24.7 Å². The molecule has 1 atom stereocenters. The lowest BCUT2D eigenvalue weighted by molar-refractivity contribution is -0.950. The molecule has 148 valence electrons. The average Bonchev–Trinajstić information content (AvgIpc) is 2.57. The van der Waals surface area contributed by atoms with Crippen molar-refractivity contribution in [1.29, 1.82) is 0 Å². The van der Waals surface area contributed by atoms with Crippen LogP contribution in [0.4, 0.5) is 0 Å². The fraction of sp³-hybridized carbons (Fsp3) is 0.833. The molecule has 7 heteroatoms. The summed E-state index contributed by atoms with van der Waals surface area (Å²) in [5.74, 6) is -0.747. The van der Waals surface area contributed by atoms with E-state index in [1.165, 1.54) is 0 Å². The number of ether oxygens (including phenoxy) is 1. The van der Waals surface area contributed by atoms with E-state index < -0.39 is 16.1 Å². The Kier molecular flexibility index (Phi) is 12.0. The molecule has 6 nitrogen and oxygen atoms in total. The van der Waals surface area contributed by atoms with Gasteiger partial charge in [0.05, 0.1) is 42.4 Å². The van der Waals surface area contributed by atoms with Crippen LogP contribution in [-0.4, -0.2) is 61.5 Å². The minimum absolute atomic E-state index is 0.0805. The van der Waals surface area contributed by atoms with Crippen LogP contribution in [-0.2, 0) is 19.6 Å². The molecule has 0 rings (SSSR count). The van der Waals surface area contributed by atoms with E-state index >= 15 is 0 Å². The van der Waals surface area contributed by atoms with Crippen molar-refractivity contribution in [2.24, 2.45) is 0 Å². The van der Waals surface area contributed by atoms with E-state index in [1.54, 1.807) is 0 Å². The standard InChI is InChI=1S/C18H35NO5S/c1-5-8-12-19(13-9-6-2,14-10-15-24-18(20)7-3)17(4)11-16-25(21,22)23/h7,17H,3,5-6,8-16H2,1-2,4H3. The van der Waals surface area contributed by atoms with Gasteiger partial charge < -0.3 is 13.8 Å². The minimum atomic E-state index is -4.20. The Morgan fingerprint density at radius 2 is 1.68 bits per heavy atom. The van der Waals surface area contributed by atoms with Crippen molar-refractivity contribution in [2.75, 3.05) is 32.0 Å². The molecule has 0 spiro atoms. The summed E-state index contributed by atoms with van der Waals surface area (Å²) >= 11 is 0. The molecule has 0 aliphatic carbocycles. The van der Waals surface area contributed by atoms with Crippen molar-refractivity contribution in [1.82, 2.24) is 0 Å². The Morgan fingerprint density at radius 1 is 1.16 bits per heavy atom. The zero-order chi connectivity index (χ0) is 19.3. The van der Waals surface area contributed by atoms with Crippen LogP contribution in [0, 0.1) is 0 Å². The summed E-state index contributed by atoms with van der Waals surface area (Å²) < 4.78 is 38.9. The SMILES string of the molecule is C=CC(=O)OCCC[N+](CCCC)(CCCC)C(C)CCS(=O)(=O)[O-]. The molecule has 0 heterocycles. The largest absolute Gasteiger partial charge is 0.748 e. The highest BCUT2D eigenvalue weighted by Gasteiger charge is 2.32. The Hall–Kier alpha value is -0.920. The lowest BCUT2D eigenvalue weighted by Crippen LogP contribution is -2.56. The number of carbonyl (C=O) groups is 1. The topological polar surface area (TPSA) is 83.5 Å². The Morgan fingerprint density at radius 3 is 2.12 bits per heavy atom. The van der Waals surface area contributed by atoms with Crippen molar-refractivity contribution >= 4 is 16.1 Å². The van der Waals surface area contributed by atoms with Gasteiger partial charge in [-0.3, -0.25) is 0 Å². The first-order chi connectivity index (χ1) is 11.7. The minimum Gasteiger partial charge on any atom is -0.748 e. The predicted molar refractivity (Wildman–Crippen MR) is 99.1 cm³/mol. The molecule has 0 amide bonds. The number of nitrogens with zero attached hydrogens (tertiary/aromatic N) is 1. The van der Waals surface area contributed by atoms with Gasteiger partial charge in [-0.1, -0.05) is 33.3 Å². The number of unbranched alkanes of at least 4 members (excludes halogenated alkanes) is 2. The third-order valence-electron chi connectivity index (χ3n) is 4.79. The van der Waals surface area contributed by atoms with Crippen molar-refractivity contribution in [3.63, 3.8) is 0 Å². The molecule has 0 fully saturated rings. The van der Waals surface area contributed by atoms with E-state index in [4.69, 9.17) is 4.74 Å². The van der Waals surface area contributed by atoms with Gasteiger partial charge in [-0.05, 0) is 19.8 Å². The third-order valence-corrected chi connectivity index (χ3v) is 5.53. The number of hydrogen-bond acceptors (Lipinski definition) is 5. The van der Waals surface area contributed by atoms with Crippen LogP contribution in [0.15, 0.2) is 12.7 Å². The number of rotatable bonds is 15. The Balaban J connectivity index is 5.04. The lowest BCUT2D eigenvalue weighted by Gasteiger charge is -2.44. The zero-order valence-corrected chi connectivity index (χ0v) is 16.9. The summed E-state index contributed by atoms with van der Waals surface area (Å²) in [6.45, 7) is 12.7.